The molecule has 15 nitrogen and oxygen atoms in total. The van der Waals surface area contributed by atoms with E-state index in [-0.39, 0.29) is 48.4 Å². The summed E-state index contributed by atoms with van der Waals surface area (Å²) in [4.78, 5) is 44.5. The summed E-state index contributed by atoms with van der Waals surface area (Å²) >= 11 is 0. The highest BCUT2D eigenvalue weighted by atomic mass is 19.1. The van der Waals surface area contributed by atoms with Crippen LogP contribution < -0.4 is 15.1 Å². The summed E-state index contributed by atoms with van der Waals surface area (Å²) in [6, 6.07) is 6.75. The van der Waals surface area contributed by atoms with Gasteiger partial charge in [-0.15, -0.1) is 0 Å². The highest BCUT2D eigenvalue weighted by molar-refractivity contribution is 5.94. The average molecular weight is 823 g/mol. The average Bonchev–Trinajstić information content (AvgIpc) is 3.86. The van der Waals surface area contributed by atoms with Crippen molar-refractivity contribution in [2.75, 3.05) is 42.0 Å². The van der Waals surface area contributed by atoms with E-state index in [4.69, 9.17) is 19.7 Å². The van der Waals surface area contributed by atoms with Crippen molar-refractivity contribution in [1.29, 1.82) is 0 Å². The summed E-state index contributed by atoms with van der Waals surface area (Å²) in [5.41, 5.74) is 2.20. The van der Waals surface area contributed by atoms with Crippen molar-refractivity contribution < 1.29 is 27.8 Å². The zero-order valence-electron chi connectivity index (χ0n) is 33.9. The number of carbonyl (C=O) groups is 1. The minimum absolute atomic E-state index is 0.0293. The Bertz CT molecular complexity index is 2680. The number of nitrogens with one attached hydrogen (secondary N) is 1. The van der Waals surface area contributed by atoms with Gasteiger partial charge in [-0.05, 0) is 64.3 Å². The largest absolute Gasteiger partial charge is 0.390 e. The van der Waals surface area contributed by atoms with Crippen molar-refractivity contribution in [1.82, 2.24) is 44.2 Å². The number of likely N-dealkylation sites (N-methyl/N-ethyl adjacent to an activating group) is 1. The number of fused-ring (bicyclic) bond motifs is 6. The zero-order valence-corrected chi connectivity index (χ0v) is 33.9. The van der Waals surface area contributed by atoms with Crippen LogP contribution in [0.15, 0.2) is 60.6 Å². The van der Waals surface area contributed by atoms with E-state index in [0.717, 1.165) is 17.8 Å². The molecule has 1 saturated heterocycles. The van der Waals surface area contributed by atoms with Crippen LogP contribution in [0.3, 0.4) is 0 Å². The lowest BCUT2D eigenvalue weighted by molar-refractivity contribution is -0.133. The second kappa shape index (κ2) is 15.2. The number of anilines is 3. The molecule has 4 atom stereocenters. The number of piperidine rings is 1. The van der Waals surface area contributed by atoms with Gasteiger partial charge in [-0.2, -0.15) is 15.1 Å². The number of halogens is 3. The molecule has 312 valence electrons. The van der Waals surface area contributed by atoms with Crippen LogP contribution in [-0.4, -0.2) is 106 Å². The number of nitrogens with zero attached hydrogens (tertiary/aromatic N) is 11. The molecule has 7 heterocycles. The standard InChI is InChI=1S/C42H45F3N12O3/c1-6-34-39(58)53(5)20-28(60-7-2)21-54-23(3)49-33-16-25(44)14-29(36(33)54)32-12-13-46-40(50-32)47-22-55(34)37-30-19-48-57(35-11-8-24(43)15-31(35)45)38(30)52-41(51-37)56-26-9-10-27(56)18-42(4,59)17-26/h8-9,11-16,19,27-28,34,59H,6-7,10,17-18,20-22H2,1-5H3,(H,46,47,50)/t27-,28+,34+,42-/m1/s1. The molecule has 3 aliphatic heterocycles. The molecule has 4 bridgehead atoms. The molecule has 2 aromatic carbocycles. The first-order valence-electron chi connectivity index (χ1n) is 20.1. The minimum atomic E-state index is -0.931. The Balaban J connectivity index is 1.23. The molecule has 0 aliphatic carbocycles. The normalized spacial score (nSPS) is 22.3. The van der Waals surface area contributed by atoms with Crippen molar-refractivity contribution >= 4 is 45.7 Å². The van der Waals surface area contributed by atoms with Crippen molar-refractivity contribution in [3.63, 3.8) is 0 Å². The Morgan fingerprint density at radius 1 is 1.03 bits per heavy atom. The Morgan fingerprint density at radius 2 is 1.87 bits per heavy atom. The van der Waals surface area contributed by atoms with Crippen LogP contribution in [0.1, 0.15) is 52.3 Å². The van der Waals surface area contributed by atoms with Crippen molar-refractivity contribution in [2.45, 2.75) is 83.7 Å². The van der Waals surface area contributed by atoms with E-state index < -0.39 is 35.2 Å². The quantitative estimate of drug-likeness (QED) is 0.206. The Kier molecular flexibility index (Phi) is 9.93. The molecule has 0 unspecified atom stereocenters. The monoisotopic (exact) mass is 822 g/mol. The smallest absolute Gasteiger partial charge is 0.245 e. The molecule has 0 saturated carbocycles. The minimum Gasteiger partial charge on any atom is -0.390 e. The fourth-order valence-corrected chi connectivity index (χ4v) is 8.97. The Morgan fingerprint density at radius 3 is 2.63 bits per heavy atom. The number of aliphatic hydroxyl groups is 1. The highest BCUT2D eigenvalue weighted by Gasteiger charge is 2.43. The molecule has 1 amide bonds. The fourth-order valence-electron chi connectivity index (χ4n) is 8.97. The van der Waals surface area contributed by atoms with Gasteiger partial charge >= 0.3 is 0 Å². The summed E-state index contributed by atoms with van der Waals surface area (Å²) in [5, 5.41) is 19.4. The number of benzene rings is 2. The number of aromatic nitrogens is 8. The van der Waals surface area contributed by atoms with Gasteiger partial charge in [0.05, 0.1) is 53.2 Å². The van der Waals surface area contributed by atoms with Gasteiger partial charge in [0, 0.05) is 62.3 Å². The second-order valence-corrected chi connectivity index (χ2v) is 16.0. The molecule has 60 heavy (non-hydrogen) atoms. The summed E-state index contributed by atoms with van der Waals surface area (Å²) in [6.45, 7) is 8.31. The molecule has 4 aromatic heterocycles. The number of rotatable bonds is 6. The highest BCUT2D eigenvalue weighted by Crippen LogP contribution is 2.43. The maximum atomic E-state index is 15.5. The maximum absolute atomic E-state index is 15.5. The first-order chi connectivity index (χ1) is 28.8. The maximum Gasteiger partial charge on any atom is 0.245 e. The lowest BCUT2D eigenvalue weighted by atomic mass is 9.89. The number of hydrogen-bond donors (Lipinski definition) is 2. The first kappa shape index (κ1) is 39.3. The second-order valence-electron chi connectivity index (χ2n) is 16.0. The van der Waals surface area contributed by atoms with Crippen molar-refractivity contribution in [2.24, 2.45) is 0 Å². The third-order valence-corrected chi connectivity index (χ3v) is 11.6. The van der Waals surface area contributed by atoms with Gasteiger partial charge in [-0.3, -0.25) is 4.79 Å². The molecular weight excluding hydrogens is 778 g/mol. The van der Waals surface area contributed by atoms with Crippen molar-refractivity contribution in [3.8, 4) is 16.9 Å². The molecular formula is C42H45F3N12O3. The summed E-state index contributed by atoms with van der Waals surface area (Å²) in [7, 11) is 1.73. The summed E-state index contributed by atoms with van der Waals surface area (Å²) in [6.07, 6.45) is 6.48. The van der Waals surface area contributed by atoms with E-state index in [1.165, 1.54) is 29.1 Å². The number of amides is 1. The number of ether oxygens (including phenoxy) is 1. The van der Waals surface area contributed by atoms with Crippen LogP contribution in [0, 0.1) is 24.4 Å². The van der Waals surface area contributed by atoms with Gasteiger partial charge in [0.25, 0.3) is 0 Å². The first-order valence-corrected chi connectivity index (χ1v) is 20.1. The number of imidazole rings is 1. The molecule has 0 radical (unpaired) electrons. The van der Waals surface area contributed by atoms with Gasteiger partial charge in [0.1, 0.15) is 35.0 Å². The predicted octanol–water partition coefficient (Wildman–Crippen LogP) is 5.89. The Labute approximate surface area is 343 Å². The third-order valence-electron chi connectivity index (χ3n) is 11.6. The van der Waals surface area contributed by atoms with Crippen LogP contribution in [-0.2, 0) is 16.1 Å². The number of aryl methyl sites for hydroxylation is 1. The number of carbonyl (C=O) groups excluding carboxylic acids is 1. The van der Waals surface area contributed by atoms with E-state index in [0.29, 0.717) is 78.2 Å². The zero-order chi connectivity index (χ0) is 42.0. The van der Waals surface area contributed by atoms with Crippen LogP contribution in [0.4, 0.5) is 30.9 Å². The molecule has 3 aliphatic rings. The molecule has 2 N–H and O–H groups in total. The van der Waals surface area contributed by atoms with E-state index in [9.17, 15) is 14.3 Å². The van der Waals surface area contributed by atoms with E-state index in [1.807, 2.05) is 30.2 Å². The number of hydrogen-bond acceptors (Lipinski definition) is 12. The topological polar surface area (TPSA) is 155 Å². The third kappa shape index (κ3) is 6.96. The predicted molar refractivity (Wildman–Crippen MR) is 219 cm³/mol. The molecule has 18 heteroatoms. The molecule has 0 spiro atoms. The molecule has 9 rings (SSSR count). The van der Waals surface area contributed by atoms with Crippen LogP contribution in [0.2, 0.25) is 0 Å². The van der Waals surface area contributed by atoms with Gasteiger partial charge in [-0.25, -0.2) is 32.8 Å². The van der Waals surface area contributed by atoms with Gasteiger partial charge in [-0.1, -0.05) is 13.0 Å². The van der Waals surface area contributed by atoms with Crippen molar-refractivity contribution in [3.05, 3.63) is 83.8 Å². The van der Waals surface area contributed by atoms with E-state index in [2.05, 4.69) is 26.5 Å². The van der Waals surface area contributed by atoms with Crippen LogP contribution in [0.5, 0.6) is 0 Å². The van der Waals surface area contributed by atoms with E-state index in [1.54, 1.807) is 36.0 Å². The fraction of sp³-hybridized carbons (Fsp3) is 0.405. The Hall–Kier alpha value is -6.14. The summed E-state index contributed by atoms with van der Waals surface area (Å²) in [5.74, 6) is -0.849. The SMILES string of the molecule is CCO[C@H]1CN(C)C(=O)[C@H](CC)N(c2nc(N3C4=CC[C@@H]3C[C@](C)(O)C4)nc3c2cnn3-c2ccc(F)cc2F)CNc2nccc(n2)-c2cc(F)cc3nc(C)n(c23)C1. The molecule has 1 fully saturated rings. The van der Waals surface area contributed by atoms with Crippen LogP contribution >= 0.6 is 0 Å². The lowest BCUT2D eigenvalue weighted by Gasteiger charge is -2.40. The van der Waals surface area contributed by atoms with Gasteiger partial charge in [0.2, 0.25) is 17.8 Å². The van der Waals surface area contributed by atoms with Crippen LogP contribution in [0.25, 0.3) is 39.0 Å². The van der Waals surface area contributed by atoms with E-state index >= 15 is 8.78 Å². The summed E-state index contributed by atoms with van der Waals surface area (Å²) < 4.78 is 54.4. The van der Waals surface area contributed by atoms with Gasteiger partial charge in [0.15, 0.2) is 11.5 Å². The van der Waals surface area contributed by atoms with Gasteiger partial charge < -0.3 is 34.4 Å². The lowest BCUT2D eigenvalue weighted by Crippen LogP contribution is -2.51. The molecule has 6 aromatic rings.